The molecule has 3 aromatic rings. The highest BCUT2D eigenvalue weighted by atomic mass is 35.5. The number of hydrogen-bond acceptors (Lipinski definition) is 5. The number of H-pyrrole nitrogens is 1. The highest BCUT2D eigenvalue weighted by molar-refractivity contribution is 6.34. The molecule has 0 radical (unpaired) electrons. The molecule has 0 spiro atoms. The first-order valence-corrected chi connectivity index (χ1v) is 8.80. The number of aliphatic imine (C=N–C) groups is 1. The van der Waals surface area contributed by atoms with Crippen LogP contribution in [0.4, 0.5) is 0 Å². The summed E-state index contributed by atoms with van der Waals surface area (Å²) >= 11 is 6.43. The van der Waals surface area contributed by atoms with Gasteiger partial charge in [0.05, 0.1) is 38.5 Å². The Bertz CT molecular complexity index is 1000. The van der Waals surface area contributed by atoms with Crippen molar-refractivity contribution >= 4 is 28.4 Å². The van der Waals surface area contributed by atoms with E-state index >= 15 is 0 Å². The fourth-order valence-corrected chi connectivity index (χ4v) is 3.47. The number of halogens is 1. The minimum absolute atomic E-state index is 0.258. The van der Waals surface area contributed by atoms with Gasteiger partial charge in [-0.1, -0.05) is 11.6 Å². The van der Waals surface area contributed by atoms with Crippen LogP contribution in [0.5, 0.6) is 17.2 Å². The maximum Gasteiger partial charge on any atom is 0.218 e. The number of ether oxygens (including phenoxy) is 4. The van der Waals surface area contributed by atoms with E-state index in [1.165, 1.54) is 0 Å². The Morgan fingerprint density at radius 1 is 1.07 bits per heavy atom. The molecule has 1 aliphatic heterocycles. The smallest absolute Gasteiger partial charge is 0.218 e. The lowest BCUT2D eigenvalue weighted by Gasteiger charge is -2.17. The van der Waals surface area contributed by atoms with Crippen molar-refractivity contribution in [2.45, 2.75) is 6.10 Å². The van der Waals surface area contributed by atoms with Crippen molar-refractivity contribution < 1.29 is 18.9 Å². The molecular formula is C20H19ClN2O4. The van der Waals surface area contributed by atoms with E-state index in [1.54, 1.807) is 21.3 Å². The minimum atomic E-state index is -0.258. The fourth-order valence-electron chi connectivity index (χ4n) is 3.22. The second-order valence-electron chi connectivity index (χ2n) is 6.11. The molecule has 4 rings (SSSR count). The lowest BCUT2D eigenvalue weighted by Crippen LogP contribution is -2.08. The summed E-state index contributed by atoms with van der Waals surface area (Å²) in [6.07, 6.45) is 1.62. The van der Waals surface area contributed by atoms with Gasteiger partial charge in [-0.15, -0.1) is 0 Å². The van der Waals surface area contributed by atoms with Crippen molar-refractivity contribution in [1.29, 1.82) is 0 Å². The molecule has 1 unspecified atom stereocenters. The number of nitrogens with zero attached hydrogens (tertiary/aromatic N) is 1. The molecule has 1 atom stereocenters. The first-order valence-electron chi connectivity index (χ1n) is 8.42. The Morgan fingerprint density at radius 3 is 2.48 bits per heavy atom. The molecule has 2 heterocycles. The van der Waals surface area contributed by atoms with E-state index in [0.717, 1.165) is 22.0 Å². The molecule has 2 aromatic carbocycles. The molecule has 0 aliphatic carbocycles. The van der Waals surface area contributed by atoms with Gasteiger partial charge in [0, 0.05) is 22.7 Å². The Hall–Kier alpha value is -2.86. The van der Waals surface area contributed by atoms with Crippen molar-refractivity contribution in [3.05, 3.63) is 52.7 Å². The quantitative estimate of drug-likeness (QED) is 0.707. The molecule has 27 heavy (non-hydrogen) atoms. The topological polar surface area (TPSA) is 65.1 Å². The lowest BCUT2D eigenvalue weighted by molar-refractivity contribution is 0.228. The maximum atomic E-state index is 6.43. The number of aromatic nitrogens is 1. The van der Waals surface area contributed by atoms with Crippen LogP contribution >= 0.6 is 11.6 Å². The normalized spacial score (nSPS) is 16.1. The monoisotopic (exact) mass is 386 g/mol. The van der Waals surface area contributed by atoms with E-state index in [9.17, 15) is 0 Å². The summed E-state index contributed by atoms with van der Waals surface area (Å²) < 4.78 is 22.3. The van der Waals surface area contributed by atoms with Gasteiger partial charge in [0.1, 0.15) is 6.10 Å². The maximum absolute atomic E-state index is 6.43. The van der Waals surface area contributed by atoms with Gasteiger partial charge in [-0.2, -0.15) is 0 Å². The molecule has 6 nitrogen and oxygen atoms in total. The number of hydrogen-bond donors (Lipinski definition) is 1. The van der Waals surface area contributed by atoms with Gasteiger partial charge in [0.2, 0.25) is 11.6 Å². The molecule has 1 aliphatic rings. The van der Waals surface area contributed by atoms with Crippen LogP contribution in [0, 0.1) is 0 Å². The fraction of sp³-hybridized carbons (Fsp3) is 0.250. The number of aromatic amines is 1. The summed E-state index contributed by atoms with van der Waals surface area (Å²) in [5, 5.41) is 1.64. The lowest BCUT2D eigenvalue weighted by atomic mass is 10.1. The van der Waals surface area contributed by atoms with Gasteiger partial charge in [-0.05, 0) is 30.3 Å². The molecular weight excluding hydrogens is 368 g/mol. The van der Waals surface area contributed by atoms with E-state index in [2.05, 4.69) is 9.98 Å². The molecule has 1 N–H and O–H groups in total. The average Bonchev–Trinajstić information content (AvgIpc) is 3.35. The van der Waals surface area contributed by atoms with Gasteiger partial charge in [-0.3, -0.25) is 0 Å². The summed E-state index contributed by atoms with van der Waals surface area (Å²) in [5.41, 5.74) is 2.64. The van der Waals surface area contributed by atoms with Crippen molar-refractivity contribution in [2.75, 3.05) is 27.9 Å². The summed E-state index contributed by atoms with van der Waals surface area (Å²) in [5.74, 6) is 2.23. The van der Waals surface area contributed by atoms with Gasteiger partial charge in [0.15, 0.2) is 11.5 Å². The molecule has 1 aromatic heterocycles. The molecule has 0 bridgehead atoms. The summed E-state index contributed by atoms with van der Waals surface area (Å²) in [6, 6.07) is 9.60. The van der Waals surface area contributed by atoms with Crippen LogP contribution < -0.4 is 14.2 Å². The number of fused-ring (bicyclic) bond motifs is 1. The van der Waals surface area contributed by atoms with Gasteiger partial charge in [0.25, 0.3) is 0 Å². The Balaban J connectivity index is 1.64. The van der Waals surface area contributed by atoms with Crippen LogP contribution in [-0.2, 0) is 4.74 Å². The van der Waals surface area contributed by atoms with Crippen LogP contribution in [0.2, 0.25) is 5.02 Å². The zero-order valence-electron chi connectivity index (χ0n) is 15.2. The molecule has 0 saturated heterocycles. The summed E-state index contributed by atoms with van der Waals surface area (Å²) in [7, 11) is 4.75. The predicted octanol–water partition coefficient (Wildman–Crippen LogP) is 4.37. The van der Waals surface area contributed by atoms with Gasteiger partial charge < -0.3 is 23.9 Å². The zero-order chi connectivity index (χ0) is 19.0. The van der Waals surface area contributed by atoms with Crippen molar-refractivity contribution in [2.24, 2.45) is 4.99 Å². The Morgan fingerprint density at radius 2 is 1.81 bits per heavy atom. The molecule has 140 valence electrons. The minimum Gasteiger partial charge on any atom is -0.493 e. The third-order valence-electron chi connectivity index (χ3n) is 4.58. The standard InChI is InChI=1S/C20H19ClN2O4/c1-24-16-7-12(8-17(25-2)19(16)26-3)18-10-23-20(27-18)13-6-11-4-5-22-15(11)9-14(13)21/h4-9,18,22H,10H2,1-3H3. The number of nitrogens with one attached hydrogen (secondary N) is 1. The second kappa shape index (κ2) is 7.04. The SMILES string of the molecule is COc1cc(C2CN=C(c3cc4cc[nH]c4cc3Cl)O2)cc(OC)c1OC. The number of methoxy groups -OCH3 is 3. The number of rotatable bonds is 5. The van der Waals surface area contributed by atoms with Gasteiger partial charge in [-0.25, -0.2) is 4.99 Å². The van der Waals surface area contributed by atoms with Crippen LogP contribution in [0.15, 0.2) is 41.5 Å². The Labute approximate surface area is 161 Å². The summed E-state index contributed by atoms with van der Waals surface area (Å²) in [6.45, 7) is 0.482. The third kappa shape index (κ3) is 3.06. The van der Waals surface area contributed by atoms with E-state index in [-0.39, 0.29) is 6.10 Å². The first kappa shape index (κ1) is 17.5. The van der Waals surface area contributed by atoms with Gasteiger partial charge >= 0.3 is 0 Å². The highest BCUT2D eigenvalue weighted by Crippen LogP contribution is 2.41. The molecule has 0 fully saturated rings. The summed E-state index contributed by atoms with van der Waals surface area (Å²) in [4.78, 5) is 7.70. The van der Waals surface area contributed by atoms with Crippen molar-refractivity contribution in [1.82, 2.24) is 4.98 Å². The van der Waals surface area contributed by atoms with E-state index in [0.29, 0.717) is 34.7 Å². The van der Waals surface area contributed by atoms with Crippen LogP contribution in [-0.4, -0.2) is 38.8 Å². The van der Waals surface area contributed by atoms with Crippen molar-refractivity contribution in [3.63, 3.8) is 0 Å². The van der Waals surface area contributed by atoms with Crippen LogP contribution in [0.25, 0.3) is 10.9 Å². The zero-order valence-corrected chi connectivity index (χ0v) is 16.0. The molecule has 0 amide bonds. The predicted molar refractivity (Wildman–Crippen MR) is 105 cm³/mol. The number of benzene rings is 2. The average molecular weight is 387 g/mol. The van der Waals surface area contributed by atoms with Crippen LogP contribution in [0.3, 0.4) is 0 Å². The first-order chi connectivity index (χ1) is 13.1. The van der Waals surface area contributed by atoms with E-state index in [4.69, 9.17) is 30.5 Å². The van der Waals surface area contributed by atoms with Crippen molar-refractivity contribution in [3.8, 4) is 17.2 Å². The van der Waals surface area contributed by atoms with Crippen LogP contribution in [0.1, 0.15) is 17.2 Å². The second-order valence-corrected chi connectivity index (χ2v) is 6.52. The van der Waals surface area contributed by atoms with E-state index < -0.39 is 0 Å². The highest BCUT2D eigenvalue weighted by Gasteiger charge is 2.27. The van der Waals surface area contributed by atoms with E-state index in [1.807, 2.05) is 36.5 Å². The molecule has 7 heteroatoms. The Kier molecular flexibility index (Phi) is 4.58. The largest absolute Gasteiger partial charge is 0.493 e. The third-order valence-corrected chi connectivity index (χ3v) is 4.90. The molecule has 0 saturated carbocycles.